The maximum absolute atomic E-state index is 5.53. The molecule has 3 aliphatic carbocycles. The Labute approximate surface area is 162 Å². The van der Waals surface area contributed by atoms with Crippen LogP contribution in [0, 0.1) is 17.3 Å². The summed E-state index contributed by atoms with van der Waals surface area (Å²) in [6.45, 7) is 3.42. The largest absolute Gasteiger partial charge is 0.497 e. The van der Waals surface area contributed by atoms with E-state index in [2.05, 4.69) is 36.5 Å². The van der Waals surface area contributed by atoms with E-state index >= 15 is 0 Å². The van der Waals surface area contributed by atoms with Crippen molar-refractivity contribution in [3.63, 3.8) is 0 Å². The fourth-order valence-corrected chi connectivity index (χ4v) is 6.66. The molecule has 0 spiro atoms. The van der Waals surface area contributed by atoms with Crippen LogP contribution in [0.1, 0.15) is 61.8 Å². The number of hydrogen-bond donors (Lipinski definition) is 1. The minimum absolute atomic E-state index is 0.428. The average Bonchev–Trinajstić information content (AvgIpc) is 3.32. The molecule has 2 fully saturated rings. The molecule has 3 nitrogen and oxygen atoms in total. The Bertz CT molecular complexity index is 799. The summed E-state index contributed by atoms with van der Waals surface area (Å²) in [6, 6.07) is 11.5. The SMILES string of the molecule is COc1ccc2c(c1)CCC1C2CC[C@@]2(C)C1CC[C@@H]2NCc1ccco1. The van der Waals surface area contributed by atoms with Gasteiger partial charge in [0.25, 0.3) is 0 Å². The van der Waals surface area contributed by atoms with E-state index in [0.29, 0.717) is 11.5 Å². The van der Waals surface area contributed by atoms with Gasteiger partial charge < -0.3 is 14.5 Å². The molecule has 5 rings (SSSR count). The van der Waals surface area contributed by atoms with Gasteiger partial charge in [-0.15, -0.1) is 0 Å². The van der Waals surface area contributed by atoms with Gasteiger partial charge in [-0.25, -0.2) is 0 Å². The highest BCUT2D eigenvalue weighted by atomic mass is 16.5. The van der Waals surface area contributed by atoms with E-state index in [1.54, 1.807) is 18.9 Å². The van der Waals surface area contributed by atoms with Crippen LogP contribution < -0.4 is 10.1 Å². The highest BCUT2D eigenvalue weighted by Crippen LogP contribution is 2.61. The molecule has 5 atom stereocenters. The Morgan fingerprint density at radius 2 is 2.11 bits per heavy atom. The molecule has 0 aliphatic heterocycles. The third kappa shape index (κ3) is 2.82. The molecule has 27 heavy (non-hydrogen) atoms. The molecule has 3 heteroatoms. The number of aryl methyl sites for hydroxylation is 1. The minimum atomic E-state index is 0.428. The van der Waals surface area contributed by atoms with Gasteiger partial charge in [0.15, 0.2) is 0 Å². The molecule has 0 saturated heterocycles. The van der Waals surface area contributed by atoms with Crippen LogP contribution >= 0.6 is 0 Å². The van der Waals surface area contributed by atoms with Crippen LogP contribution in [-0.2, 0) is 13.0 Å². The molecule has 3 aliphatic rings. The molecule has 1 heterocycles. The molecule has 0 radical (unpaired) electrons. The van der Waals surface area contributed by atoms with Crippen molar-refractivity contribution in [2.45, 2.75) is 64.0 Å². The van der Waals surface area contributed by atoms with Gasteiger partial charge in [-0.1, -0.05) is 13.0 Å². The van der Waals surface area contributed by atoms with Crippen molar-refractivity contribution in [3.8, 4) is 5.75 Å². The van der Waals surface area contributed by atoms with Crippen LogP contribution in [0.15, 0.2) is 41.0 Å². The van der Waals surface area contributed by atoms with E-state index in [4.69, 9.17) is 9.15 Å². The first-order chi connectivity index (χ1) is 13.2. The Morgan fingerprint density at radius 3 is 2.93 bits per heavy atom. The lowest BCUT2D eigenvalue weighted by atomic mass is 9.55. The predicted molar refractivity (Wildman–Crippen MR) is 107 cm³/mol. The van der Waals surface area contributed by atoms with E-state index in [1.165, 1.54) is 44.1 Å². The standard InChI is InChI=1S/C24H31NO2/c1-24-12-11-20-19-8-6-17(26-2)14-16(19)5-7-21(20)22(24)9-10-23(24)25-15-18-4-3-13-27-18/h3-4,6,8,13-14,20-23,25H,5,7,9-12,15H2,1-2H3/t20?,21?,22?,23-,24-/m0/s1. The smallest absolute Gasteiger partial charge is 0.119 e. The molecule has 2 aromatic rings. The number of methoxy groups -OCH3 is 1. The van der Waals surface area contributed by atoms with Gasteiger partial charge in [-0.2, -0.15) is 0 Å². The fourth-order valence-electron chi connectivity index (χ4n) is 6.66. The number of ether oxygens (including phenoxy) is 1. The lowest BCUT2D eigenvalue weighted by molar-refractivity contribution is 0.0404. The van der Waals surface area contributed by atoms with Crippen molar-refractivity contribution in [3.05, 3.63) is 53.5 Å². The lowest BCUT2D eigenvalue weighted by Crippen LogP contribution is -2.48. The summed E-state index contributed by atoms with van der Waals surface area (Å²) in [5, 5.41) is 3.84. The van der Waals surface area contributed by atoms with E-state index in [0.717, 1.165) is 35.8 Å². The second-order valence-electron chi connectivity index (χ2n) is 9.11. The average molecular weight is 366 g/mol. The third-order valence-electron chi connectivity index (χ3n) is 8.04. The summed E-state index contributed by atoms with van der Waals surface area (Å²) in [7, 11) is 1.77. The molecule has 1 N–H and O–H groups in total. The van der Waals surface area contributed by atoms with E-state index in [9.17, 15) is 0 Å². The van der Waals surface area contributed by atoms with Crippen LogP contribution in [0.5, 0.6) is 5.75 Å². The second-order valence-corrected chi connectivity index (χ2v) is 9.11. The zero-order valence-corrected chi connectivity index (χ0v) is 16.5. The van der Waals surface area contributed by atoms with Gasteiger partial charge in [0.1, 0.15) is 11.5 Å². The Kier molecular flexibility index (Phi) is 4.31. The first kappa shape index (κ1) is 17.4. The monoisotopic (exact) mass is 365 g/mol. The van der Waals surface area contributed by atoms with Crippen molar-refractivity contribution in [2.24, 2.45) is 17.3 Å². The molecule has 1 aromatic heterocycles. The van der Waals surface area contributed by atoms with Gasteiger partial charge in [0.05, 0.1) is 19.9 Å². The molecular formula is C24H31NO2. The van der Waals surface area contributed by atoms with Crippen LogP contribution in [-0.4, -0.2) is 13.2 Å². The highest BCUT2D eigenvalue weighted by molar-refractivity contribution is 5.40. The van der Waals surface area contributed by atoms with Crippen molar-refractivity contribution in [2.75, 3.05) is 7.11 Å². The fraction of sp³-hybridized carbons (Fsp3) is 0.583. The van der Waals surface area contributed by atoms with Crippen LogP contribution in [0.4, 0.5) is 0 Å². The maximum Gasteiger partial charge on any atom is 0.119 e. The third-order valence-corrected chi connectivity index (χ3v) is 8.04. The number of hydrogen-bond acceptors (Lipinski definition) is 3. The number of nitrogens with one attached hydrogen (secondary N) is 1. The summed E-state index contributed by atoms with van der Waals surface area (Å²) in [5.74, 6) is 4.51. The van der Waals surface area contributed by atoms with Crippen LogP contribution in [0.25, 0.3) is 0 Å². The van der Waals surface area contributed by atoms with Gasteiger partial charge in [-0.3, -0.25) is 0 Å². The molecule has 1 aromatic carbocycles. The topological polar surface area (TPSA) is 34.4 Å². The molecule has 0 amide bonds. The number of benzene rings is 1. The molecule has 3 unspecified atom stereocenters. The van der Waals surface area contributed by atoms with E-state index in [1.807, 2.05) is 6.07 Å². The predicted octanol–water partition coefficient (Wildman–Crippen LogP) is 5.30. The molecule has 144 valence electrons. The summed E-state index contributed by atoms with van der Waals surface area (Å²) in [6.07, 6.45) is 9.67. The Morgan fingerprint density at radius 1 is 1.19 bits per heavy atom. The van der Waals surface area contributed by atoms with Crippen LogP contribution in [0.2, 0.25) is 0 Å². The zero-order chi connectivity index (χ0) is 18.4. The highest BCUT2D eigenvalue weighted by Gasteiger charge is 2.54. The number of furan rings is 1. The molecule has 2 saturated carbocycles. The Balaban J connectivity index is 1.35. The maximum atomic E-state index is 5.53. The van der Waals surface area contributed by atoms with Crippen molar-refractivity contribution >= 4 is 0 Å². The summed E-state index contributed by atoms with van der Waals surface area (Å²) in [5.41, 5.74) is 3.57. The summed E-state index contributed by atoms with van der Waals surface area (Å²) < 4.78 is 11.0. The van der Waals surface area contributed by atoms with Crippen LogP contribution in [0.3, 0.4) is 0 Å². The van der Waals surface area contributed by atoms with Gasteiger partial charge in [0, 0.05) is 6.04 Å². The lowest BCUT2D eigenvalue weighted by Gasteiger charge is -2.51. The van der Waals surface area contributed by atoms with E-state index < -0.39 is 0 Å². The normalized spacial score (nSPS) is 34.6. The van der Waals surface area contributed by atoms with Gasteiger partial charge in [0.2, 0.25) is 0 Å². The number of rotatable bonds is 4. The van der Waals surface area contributed by atoms with Crippen molar-refractivity contribution in [1.82, 2.24) is 5.32 Å². The second kappa shape index (κ2) is 6.70. The summed E-state index contributed by atoms with van der Waals surface area (Å²) in [4.78, 5) is 0. The molecular weight excluding hydrogens is 334 g/mol. The van der Waals surface area contributed by atoms with Gasteiger partial charge in [-0.05, 0) is 97.1 Å². The summed E-state index contributed by atoms with van der Waals surface area (Å²) >= 11 is 0. The zero-order valence-electron chi connectivity index (χ0n) is 16.5. The first-order valence-corrected chi connectivity index (χ1v) is 10.6. The quantitative estimate of drug-likeness (QED) is 0.798. The first-order valence-electron chi connectivity index (χ1n) is 10.6. The molecule has 0 bridgehead atoms. The van der Waals surface area contributed by atoms with Crippen molar-refractivity contribution < 1.29 is 9.15 Å². The van der Waals surface area contributed by atoms with E-state index in [-0.39, 0.29) is 0 Å². The van der Waals surface area contributed by atoms with Crippen molar-refractivity contribution in [1.29, 1.82) is 0 Å². The minimum Gasteiger partial charge on any atom is -0.497 e. The number of fused-ring (bicyclic) bond motifs is 5. The Hall–Kier alpha value is -1.74. The van der Waals surface area contributed by atoms with Gasteiger partial charge >= 0.3 is 0 Å².